The third-order valence-electron chi connectivity index (χ3n) is 15.4. The molecule has 2 rings (SSSR count). The summed E-state index contributed by atoms with van der Waals surface area (Å²) in [6.45, 7) is 2.85. The van der Waals surface area contributed by atoms with E-state index in [0.717, 1.165) is 77.0 Å². The van der Waals surface area contributed by atoms with Crippen molar-refractivity contribution in [3.63, 3.8) is 0 Å². The molecule has 9 N–H and O–H groups in total. The van der Waals surface area contributed by atoms with Gasteiger partial charge in [0, 0.05) is 6.42 Å². The van der Waals surface area contributed by atoms with Crippen molar-refractivity contribution in [3.8, 4) is 0 Å². The summed E-state index contributed by atoms with van der Waals surface area (Å²) in [5.41, 5.74) is 0. The van der Waals surface area contributed by atoms with Gasteiger partial charge in [0.1, 0.15) is 48.8 Å². The monoisotopic (exact) mass is 1080 g/mol. The second-order valence-corrected chi connectivity index (χ2v) is 22.2. The Kier molecular flexibility index (Phi) is 44.4. The summed E-state index contributed by atoms with van der Waals surface area (Å²) in [7, 11) is 0. The molecule has 0 spiro atoms. The molecule has 2 heterocycles. The minimum absolute atomic E-state index is 0.217. The number of ether oxygens (including phenoxy) is 4. The summed E-state index contributed by atoms with van der Waals surface area (Å²) in [6, 6.07) is -0.837. The van der Waals surface area contributed by atoms with Crippen LogP contribution >= 0.6 is 0 Å². The second-order valence-electron chi connectivity index (χ2n) is 22.2. The van der Waals surface area contributed by atoms with Gasteiger partial charge < -0.3 is 65.1 Å². The van der Waals surface area contributed by atoms with Gasteiger partial charge in [0.15, 0.2) is 12.6 Å². The minimum Gasteiger partial charge on any atom is -0.394 e. The van der Waals surface area contributed by atoms with Crippen LogP contribution in [0.2, 0.25) is 0 Å². The molecule has 14 nitrogen and oxygen atoms in total. The Morgan fingerprint density at radius 2 is 0.868 bits per heavy atom. The second kappa shape index (κ2) is 48.0. The normalized spacial score (nSPS) is 25.1. The minimum atomic E-state index is -1.78. The summed E-state index contributed by atoms with van der Waals surface area (Å²) in [4.78, 5) is 13.3. The lowest BCUT2D eigenvalue weighted by Gasteiger charge is -2.46. The molecule has 2 saturated heterocycles. The number of aliphatic hydroxyl groups excluding tert-OH is 8. The maximum absolute atomic E-state index is 13.3. The summed E-state index contributed by atoms with van der Waals surface area (Å²) in [6.07, 6.45) is 41.4. The van der Waals surface area contributed by atoms with Crippen molar-refractivity contribution in [1.29, 1.82) is 0 Å². The molecule has 2 aliphatic heterocycles. The van der Waals surface area contributed by atoms with Crippen molar-refractivity contribution < 1.29 is 64.6 Å². The Hall–Kier alpha value is -1.79. The van der Waals surface area contributed by atoms with E-state index in [1.807, 2.05) is 0 Å². The van der Waals surface area contributed by atoms with E-state index < -0.39 is 86.8 Å². The predicted molar refractivity (Wildman–Crippen MR) is 305 cm³/mol. The van der Waals surface area contributed by atoms with Crippen molar-refractivity contribution in [2.75, 3.05) is 19.8 Å². The highest BCUT2D eigenvalue weighted by molar-refractivity contribution is 5.76. The molecule has 12 atom stereocenters. The number of allylic oxidation sites excluding steroid dienone is 6. The SMILES string of the molecule is CCCCC/C=C\C/C=C\C/C=C\CCCCCCCCC(=O)NC(COC1OC(CO)C(OC2OC(CO)C(O)C(O)C2O)C(O)C1O)C(O)CCCCCCCCCCCCCCCCCCCCCCCCC. The van der Waals surface area contributed by atoms with E-state index in [-0.39, 0.29) is 12.5 Å². The Morgan fingerprint density at radius 3 is 1.36 bits per heavy atom. The molecule has 0 aromatic carbocycles. The van der Waals surface area contributed by atoms with E-state index in [0.29, 0.717) is 19.3 Å². The quantitative estimate of drug-likeness (QED) is 0.0204. The molecule has 0 aromatic rings. The van der Waals surface area contributed by atoms with Gasteiger partial charge >= 0.3 is 0 Å². The van der Waals surface area contributed by atoms with E-state index in [9.17, 15) is 45.6 Å². The van der Waals surface area contributed by atoms with Gasteiger partial charge in [-0.3, -0.25) is 4.79 Å². The first-order valence-electron chi connectivity index (χ1n) is 31.2. The smallest absolute Gasteiger partial charge is 0.220 e. The van der Waals surface area contributed by atoms with Crippen molar-refractivity contribution in [2.45, 2.75) is 331 Å². The average Bonchev–Trinajstić information content (AvgIpc) is 3.42. The number of aliphatic hydroxyl groups is 8. The van der Waals surface area contributed by atoms with Crippen LogP contribution < -0.4 is 5.32 Å². The van der Waals surface area contributed by atoms with Gasteiger partial charge in [0.05, 0.1) is 32.0 Å². The fourth-order valence-corrected chi connectivity index (χ4v) is 10.3. The number of carbonyl (C=O) groups excluding carboxylic acids is 1. The number of unbranched alkanes of at least 4 members (excludes halogenated alkanes) is 31. The molecule has 14 heteroatoms. The van der Waals surface area contributed by atoms with Crippen molar-refractivity contribution in [3.05, 3.63) is 36.5 Å². The van der Waals surface area contributed by atoms with Crippen LogP contribution in [0.1, 0.15) is 258 Å². The van der Waals surface area contributed by atoms with Crippen LogP contribution in [0.3, 0.4) is 0 Å². The molecule has 0 radical (unpaired) electrons. The van der Waals surface area contributed by atoms with E-state index in [1.165, 1.54) is 148 Å². The summed E-state index contributed by atoms with van der Waals surface area (Å²) in [5, 5.41) is 87.4. The Bertz CT molecular complexity index is 1410. The Labute approximate surface area is 461 Å². The van der Waals surface area contributed by atoms with Gasteiger partial charge in [-0.2, -0.15) is 0 Å². The van der Waals surface area contributed by atoms with Crippen LogP contribution in [0.4, 0.5) is 0 Å². The highest BCUT2D eigenvalue weighted by Gasteiger charge is 2.51. The molecule has 0 saturated carbocycles. The topological polar surface area (TPSA) is 228 Å². The Balaban J connectivity index is 1.74. The molecule has 0 aromatic heterocycles. The van der Waals surface area contributed by atoms with Gasteiger partial charge in [0.2, 0.25) is 5.91 Å². The molecular formula is C62H115NO13. The van der Waals surface area contributed by atoms with Crippen molar-refractivity contribution >= 4 is 5.91 Å². The van der Waals surface area contributed by atoms with Crippen LogP contribution in [-0.2, 0) is 23.7 Å². The molecule has 0 aliphatic carbocycles. The summed E-state index contributed by atoms with van der Waals surface area (Å²) in [5.74, 6) is -0.217. The first kappa shape index (κ1) is 70.3. The number of hydrogen-bond donors (Lipinski definition) is 9. The van der Waals surface area contributed by atoms with Crippen LogP contribution in [0, 0.1) is 0 Å². The summed E-state index contributed by atoms with van der Waals surface area (Å²) < 4.78 is 22.9. The zero-order valence-corrected chi connectivity index (χ0v) is 48.0. The fraction of sp³-hybridized carbons (Fsp3) is 0.887. The molecule has 76 heavy (non-hydrogen) atoms. The molecule has 2 fully saturated rings. The van der Waals surface area contributed by atoms with E-state index >= 15 is 0 Å². The molecular weight excluding hydrogens is 967 g/mol. The maximum Gasteiger partial charge on any atom is 0.220 e. The van der Waals surface area contributed by atoms with Crippen molar-refractivity contribution in [1.82, 2.24) is 5.32 Å². The number of amides is 1. The maximum atomic E-state index is 13.3. The largest absolute Gasteiger partial charge is 0.394 e. The highest BCUT2D eigenvalue weighted by atomic mass is 16.7. The van der Waals surface area contributed by atoms with Gasteiger partial charge in [-0.25, -0.2) is 0 Å². The number of hydrogen-bond acceptors (Lipinski definition) is 13. The van der Waals surface area contributed by atoms with Crippen LogP contribution in [0.5, 0.6) is 0 Å². The van der Waals surface area contributed by atoms with Crippen LogP contribution in [0.15, 0.2) is 36.5 Å². The van der Waals surface area contributed by atoms with Crippen LogP contribution in [-0.4, -0.2) is 140 Å². The third-order valence-corrected chi connectivity index (χ3v) is 15.4. The highest BCUT2D eigenvalue weighted by Crippen LogP contribution is 2.30. The van der Waals surface area contributed by atoms with E-state index in [4.69, 9.17) is 18.9 Å². The first-order chi connectivity index (χ1) is 37.1. The summed E-state index contributed by atoms with van der Waals surface area (Å²) >= 11 is 0. The zero-order chi connectivity index (χ0) is 55.3. The zero-order valence-electron chi connectivity index (χ0n) is 48.0. The van der Waals surface area contributed by atoms with E-state index in [1.54, 1.807) is 0 Å². The lowest BCUT2D eigenvalue weighted by atomic mass is 9.97. The van der Waals surface area contributed by atoms with Crippen molar-refractivity contribution in [2.24, 2.45) is 0 Å². The number of rotatable bonds is 50. The van der Waals surface area contributed by atoms with E-state index in [2.05, 4.69) is 55.6 Å². The lowest BCUT2D eigenvalue weighted by Crippen LogP contribution is -2.65. The first-order valence-corrected chi connectivity index (χ1v) is 31.2. The predicted octanol–water partition coefficient (Wildman–Crippen LogP) is 11.0. The Morgan fingerprint density at radius 1 is 0.474 bits per heavy atom. The molecule has 12 unspecified atom stereocenters. The third kappa shape index (κ3) is 33.1. The van der Waals surface area contributed by atoms with Gasteiger partial charge in [-0.1, -0.05) is 237 Å². The molecule has 0 bridgehead atoms. The standard InChI is InChI=1S/C62H115NO13/c1-3-5-7-9-11-13-15-17-19-21-23-24-25-26-28-29-31-33-35-37-39-41-43-45-51(66)50(63-54(67)46-44-42-40-38-36-34-32-30-27-22-20-18-16-14-12-10-8-6-4-2)49-73-61-59(72)57(70)60(53(48-65)75-61)76-62-58(71)56(69)55(68)52(47-64)74-62/h12,14,18,20,27,30,50-53,55-62,64-66,68-72H,3-11,13,15-17,19,21-26,28-29,31-49H2,1-2H3,(H,63,67)/b14-12-,20-18-,30-27-. The number of carbonyl (C=O) groups is 1. The lowest BCUT2D eigenvalue weighted by molar-refractivity contribution is -0.359. The number of nitrogens with one attached hydrogen (secondary N) is 1. The van der Waals surface area contributed by atoms with Gasteiger partial charge in [0.25, 0.3) is 0 Å². The fourth-order valence-electron chi connectivity index (χ4n) is 10.3. The molecule has 446 valence electrons. The van der Waals surface area contributed by atoms with Crippen LogP contribution in [0.25, 0.3) is 0 Å². The van der Waals surface area contributed by atoms with Gasteiger partial charge in [-0.15, -0.1) is 0 Å². The average molecular weight is 1080 g/mol. The molecule has 2 aliphatic rings. The molecule has 1 amide bonds. The van der Waals surface area contributed by atoms with Gasteiger partial charge in [-0.05, 0) is 51.4 Å².